The zero-order valence-electron chi connectivity index (χ0n) is 11.4. The maximum atomic E-state index is 10.4. The van der Waals surface area contributed by atoms with Crippen molar-refractivity contribution in [1.29, 1.82) is 0 Å². The number of aryl methyl sites for hydroxylation is 2. The Kier molecular flexibility index (Phi) is 4.95. The molecule has 0 fully saturated rings. The molecule has 18 heavy (non-hydrogen) atoms. The highest BCUT2D eigenvalue weighted by Crippen LogP contribution is 2.27. The van der Waals surface area contributed by atoms with E-state index < -0.39 is 5.97 Å². The minimum atomic E-state index is -0.926. The van der Waals surface area contributed by atoms with Crippen molar-refractivity contribution in [2.75, 3.05) is 0 Å². The maximum Gasteiger partial charge on any atom is 0.327 e. The van der Waals surface area contributed by atoms with Crippen LogP contribution in [-0.2, 0) is 4.79 Å². The summed E-state index contributed by atoms with van der Waals surface area (Å²) in [6, 6.07) is 4.12. The monoisotopic (exact) mass is 248 g/mol. The lowest BCUT2D eigenvalue weighted by molar-refractivity contribution is -0.131. The third-order valence-corrected chi connectivity index (χ3v) is 2.92. The first-order valence-electron chi connectivity index (χ1n) is 6.04. The molecule has 1 aromatic carbocycles. The van der Waals surface area contributed by atoms with Crippen LogP contribution in [0.1, 0.15) is 30.0 Å². The summed E-state index contributed by atoms with van der Waals surface area (Å²) in [6.45, 7) is 8.04. The second kappa shape index (κ2) is 6.24. The lowest BCUT2D eigenvalue weighted by Gasteiger charge is -2.18. The highest BCUT2D eigenvalue weighted by molar-refractivity contribution is 5.79. The van der Waals surface area contributed by atoms with Crippen LogP contribution >= 0.6 is 0 Å². The first-order valence-corrected chi connectivity index (χ1v) is 6.04. The first kappa shape index (κ1) is 14.3. The van der Waals surface area contributed by atoms with Gasteiger partial charge in [-0.2, -0.15) is 0 Å². The van der Waals surface area contributed by atoms with Crippen molar-refractivity contribution in [2.24, 2.45) is 0 Å². The molecule has 0 spiro atoms. The molecule has 1 rings (SSSR count). The van der Waals surface area contributed by atoms with Crippen LogP contribution in [0.2, 0.25) is 0 Å². The number of aliphatic carboxylic acids is 1. The van der Waals surface area contributed by atoms with E-state index in [-0.39, 0.29) is 6.10 Å². The fourth-order valence-corrected chi connectivity index (χ4v) is 1.72. The largest absolute Gasteiger partial charge is 0.490 e. The van der Waals surface area contributed by atoms with Gasteiger partial charge in [-0.05, 0) is 44.4 Å². The SMILES string of the molecule is Cc1ccc(C)c(OC(C)C/C=C/C(=O)O)c1C. The number of benzene rings is 1. The van der Waals surface area contributed by atoms with E-state index in [9.17, 15) is 4.79 Å². The minimum Gasteiger partial charge on any atom is -0.490 e. The molecule has 0 aliphatic carbocycles. The molecule has 0 saturated carbocycles. The number of hydrogen-bond donors (Lipinski definition) is 1. The molecule has 0 bridgehead atoms. The average molecular weight is 248 g/mol. The Morgan fingerprint density at radius 2 is 1.94 bits per heavy atom. The van der Waals surface area contributed by atoms with Gasteiger partial charge in [-0.1, -0.05) is 18.2 Å². The molecule has 1 atom stereocenters. The van der Waals surface area contributed by atoms with Crippen molar-refractivity contribution in [3.63, 3.8) is 0 Å². The van der Waals surface area contributed by atoms with Gasteiger partial charge < -0.3 is 9.84 Å². The van der Waals surface area contributed by atoms with Crippen molar-refractivity contribution in [3.8, 4) is 5.75 Å². The number of rotatable bonds is 5. The van der Waals surface area contributed by atoms with Gasteiger partial charge in [0.15, 0.2) is 0 Å². The Morgan fingerprint density at radius 3 is 2.56 bits per heavy atom. The Morgan fingerprint density at radius 1 is 1.33 bits per heavy atom. The van der Waals surface area contributed by atoms with Crippen LogP contribution in [-0.4, -0.2) is 17.2 Å². The third kappa shape index (κ3) is 3.91. The molecule has 1 aromatic rings. The van der Waals surface area contributed by atoms with E-state index >= 15 is 0 Å². The van der Waals surface area contributed by atoms with Gasteiger partial charge in [0.2, 0.25) is 0 Å². The molecule has 3 heteroatoms. The van der Waals surface area contributed by atoms with Gasteiger partial charge in [0.25, 0.3) is 0 Å². The molecular weight excluding hydrogens is 228 g/mol. The van der Waals surface area contributed by atoms with Gasteiger partial charge >= 0.3 is 5.97 Å². The number of carbonyl (C=O) groups is 1. The second-order valence-electron chi connectivity index (χ2n) is 4.56. The highest BCUT2D eigenvalue weighted by atomic mass is 16.5. The fraction of sp³-hybridized carbons (Fsp3) is 0.400. The first-order chi connectivity index (χ1) is 8.41. The molecule has 0 heterocycles. The maximum absolute atomic E-state index is 10.4. The zero-order valence-corrected chi connectivity index (χ0v) is 11.4. The van der Waals surface area contributed by atoms with Gasteiger partial charge in [-0.25, -0.2) is 4.79 Å². The van der Waals surface area contributed by atoms with Gasteiger partial charge in [0.1, 0.15) is 5.75 Å². The fourth-order valence-electron chi connectivity index (χ4n) is 1.72. The van der Waals surface area contributed by atoms with Crippen molar-refractivity contribution in [2.45, 2.75) is 40.2 Å². The topological polar surface area (TPSA) is 46.5 Å². The van der Waals surface area contributed by atoms with Crippen LogP contribution in [0.25, 0.3) is 0 Å². The van der Waals surface area contributed by atoms with Crippen LogP contribution in [0.4, 0.5) is 0 Å². The molecule has 0 amide bonds. The summed E-state index contributed by atoms with van der Waals surface area (Å²) < 4.78 is 5.89. The van der Waals surface area contributed by atoms with E-state index in [0.29, 0.717) is 6.42 Å². The van der Waals surface area contributed by atoms with E-state index in [1.165, 1.54) is 5.56 Å². The second-order valence-corrected chi connectivity index (χ2v) is 4.56. The van der Waals surface area contributed by atoms with Crippen LogP contribution in [0.5, 0.6) is 5.75 Å². The van der Waals surface area contributed by atoms with Crippen molar-refractivity contribution < 1.29 is 14.6 Å². The summed E-state index contributed by atoms with van der Waals surface area (Å²) in [5.74, 6) is -0.0173. The average Bonchev–Trinajstić information content (AvgIpc) is 2.29. The van der Waals surface area contributed by atoms with Gasteiger partial charge in [0.05, 0.1) is 6.10 Å². The van der Waals surface area contributed by atoms with E-state index in [1.54, 1.807) is 6.08 Å². The summed E-state index contributed by atoms with van der Waals surface area (Å²) in [5, 5.41) is 8.51. The Labute approximate surface area is 108 Å². The van der Waals surface area contributed by atoms with Crippen molar-refractivity contribution >= 4 is 5.97 Å². The van der Waals surface area contributed by atoms with E-state index in [1.807, 2.05) is 26.8 Å². The van der Waals surface area contributed by atoms with Crippen molar-refractivity contribution in [1.82, 2.24) is 0 Å². The molecule has 3 nitrogen and oxygen atoms in total. The Hall–Kier alpha value is -1.77. The number of ether oxygens (including phenoxy) is 1. The Balaban J connectivity index is 2.73. The van der Waals surface area contributed by atoms with Gasteiger partial charge in [0, 0.05) is 12.5 Å². The lowest BCUT2D eigenvalue weighted by atomic mass is 10.1. The number of hydrogen-bond acceptors (Lipinski definition) is 2. The summed E-state index contributed by atoms with van der Waals surface area (Å²) in [7, 11) is 0. The van der Waals surface area contributed by atoms with Crippen molar-refractivity contribution in [3.05, 3.63) is 41.0 Å². The summed E-state index contributed by atoms with van der Waals surface area (Å²) >= 11 is 0. The van der Waals surface area contributed by atoms with Gasteiger partial charge in [-0.15, -0.1) is 0 Å². The Bertz CT molecular complexity index is 461. The van der Waals surface area contributed by atoms with Crippen LogP contribution < -0.4 is 4.74 Å². The molecule has 0 aliphatic rings. The van der Waals surface area contributed by atoms with Crippen LogP contribution in [0.3, 0.4) is 0 Å². The predicted octanol–water partition coefficient (Wildman–Crippen LogP) is 3.41. The molecule has 0 aliphatic heterocycles. The lowest BCUT2D eigenvalue weighted by Crippen LogP contribution is -2.12. The smallest absolute Gasteiger partial charge is 0.327 e. The molecule has 0 aromatic heterocycles. The van der Waals surface area contributed by atoms with Crippen LogP contribution in [0.15, 0.2) is 24.3 Å². The van der Waals surface area contributed by atoms with E-state index in [4.69, 9.17) is 9.84 Å². The van der Waals surface area contributed by atoms with E-state index in [0.717, 1.165) is 23.0 Å². The molecule has 1 N–H and O–H groups in total. The summed E-state index contributed by atoms with van der Waals surface area (Å²) in [6.07, 6.45) is 3.31. The summed E-state index contributed by atoms with van der Waals surface area (Å²) in [5.41, 5.74) is 3.44. The molecular formula is C15H20O3. The quantitative estimate of drug-likeness (QED) is 0.812. The van der Waals surface area contributed by atoms with Gasteiger partial charge in [-0.3, -0.25) is 0 Å². The third-order valence-electron chi connectivity index (χ3n) is 2.92. The molecule has 1 unspecified atom stereocenters. The van der Waals surface area contributed by atoms with E-state index in [2.05, 4.69) is 13.0 Å². The highest BCUT2D eigenvalue weighted by Gasteiger charge is 2.09. The van der Waals surface area contributed by atoms with Crippen LogP contribution in [0, 0.1) is 20.8 Å². The number of carboxylic acid groups (broad SMARTS) is 1. The standard InChI is InChI=1S/C15H20O3/c1-10-8-9-11(2)15(13(10)4)18-12(3)6-5-7-14(16)17/h5,7-9,12H,6H2,1-4H3,(H,16,17)/b7-5+. The molecule has 98 valence electrons. The number of carboxylic acids is 1. The predicted molar refractivity (Wildman–Crippen MR) is 72.1 cm³/mol. The molecule has 0 saturated heterocycles. The summed E-state index contributed by atoms with van der Waals surface area (Å²) in [4.78, 5) is 10.4. The zero-order chi connectivity index (χ0) is 13.7. The minimum absolute atomic E-state index is 0.0419. The molecule has 0 radical (unpaired) electrons. The normalized spacial score (nSPS) is 12.7.